The minimum atomic E-state index is -0.194. The number of rotatable bonds is 4. The van der Waals surface area contributed by atoms with Crippen molar-refractivity contribution in [2.24, 2.45) is 0 Å². The van der Waals surface area contributed by atoms with Gasteiger partial charge in [0.05, 0.1) is 5.69 Å². The molecule has 0 N–H and O–H groups in total. The van der Waals surface area contributed by atoms with Crippen molar-refractivity contribution in [2.45, 2.75) is 64.2 Å². The van der Waals surface area contributed by atoms with Gasteiger partial charge in [-0.05, 0) is 110 Å². The van der Waals surface area contributed by atoms with Crippen LogP contribution >= 0.6 is 0 Å². The molecule has 0 radical (unpaired) electrons. The molecule has 0 fully saturated rings. The van der Waals surface area contributed by atoms with E-state index in [1.807, 2.05) is 6.07 Å². The van der Waals surface area contributed by atoms with E-state index >= 15 is 0 Å². The highest BCUT2D eigenvalue weighted by Gasteiger charge is 2.46. The average molecular weight is 624 g/mol. The fourth-order valence-electron chi connectivity index (χ4n) is 9.23. The number of nitrogens with zero attached hydrogens (tertiary/aromatic N) is 1. The third-order valence-electron chi connectivity index (χ3n) is 11.2. The molecule has 1 heterocycles. The van der Waals surface area contributed by atoms with Crippen LogP contribution in [-0.2, 0) is 16.2 Å². The van der Waals surface area contributed by atoms with Gasteiger partial charge in [-0.1, -0.05) is 120 Å². The maximum absolute atomic E-state index is 6.28. The van der Waals surface area contributed by atoms with Crippen molar-refractivity contribution in [1.82, 2.24) is 0 Å². The molecule has 0 bridgehead atoms. The summed E-state index contributed by atoms with van der Waals surface area (Å²) in [6.45, 7) is 14.5. The van der Waals surface area contributed by atoms with Gasteiger partial charge >= 0.3 is 0 Å². The van der Waals surface area contributed by atoms with E-state index in [2.05, 4.69) is 168 Å². The Labute approximate surface area is 283 Å². The molecule has 2 heteroatoms. The fourth-order valence-corrected chi connectivity index (χ4v) is 9.23. The Hall–Kier alpha value is -5.08. The predicted octanol–water partition coefficient (Wildman–Crippen LogP) is 13.0. The number of furan rings is 1. The van der Waals surface area contributed by atoms with Crippen LogP contribution in [0.4, 0.5) is 17.1 Å². The number of hydrogen-bond acceptors (Lipinski definition) is 2. The summed E-state index contributed by atoms with van der Waals surface area (Å²) in [6.07, 6.45) is 1.17. The van der Waals surface area contributed by atoms with Crippen molar-refractivity contribution < 1.29 is 4.42 Å². The van der Waals surface area contributed by atoms with Gasteiger partial charge in [0.15, 0.2) is 0 Å². The van der Waals surface area contributed by atoms with Gasteiger partial charge in [0, 0.05) is 27.6 Å². The van der Waals surface area contributed by atoms with Crippen LogP contribution in [-0.4, -0.2) is 0 Å². The molecule has 1 aromatic heterocycles. The molecule has 0 atom stereocenters. The molecule has 6 aromatic carbocycles. The molecule has 0 unspecified atom stereocenters. The second-order valence-corrected chi connectivity index (χ2v) is 15.7. The molecule has 0 saturated heterocycles. The molecule has 0 saturated carbocycles. The molecule has 0 aliphatic heterocycles. The number of fused-ring (bicyclic) bond motifs is 7. The first kappa shape index (κ1) is 29.1. The molecule has 7 aromatic rings. The van der Waals surface area contributed by atoms with Crippen LogP contribution in [0.3, 0.4) is 0 Å². The number of benzene rings is 6. The number of hydrogen-bond donors (Lipinski definition) is 0. The second-order valence-electron chi connectivity index (χ2n) is 15.7. The van der Waals surface area contributed by atoms with E-state index < -0.39 is 0 Å². The molecule has 236 valence electrons. The molecule has 0 spiro atoms. The Morgan fingerprint density at radius 3 is 1.98 bits per heavy atom. The largest absolute Gasteiger partial charge is 0.456 e. The maximum atomic E-state index is 6.28. The van der Waals surface area contributed by atoms with E-state index in [0.29, 0.717) is 0 Å². The molecular weight excluding hydrogens is 583 g/mol. The van der Waals surface area contributed by atoms with Crippen molar-refractivity contribution in [3.63, 3.8) is 0 Å². The topological polar surface area (TPSA) is 16.4 Å². The average Bonchev–Trinajstić information content (AvgIpc) is 3.63. The van der Waals surface area contributed by atoms with Gasteiger partial charge < -0.3 is 9.32 Å². The summed E-state index contributed by atoms with van der Waals surface area (Å²) in [6, 6.07) is 46.7. The monoisotopic (exact) mass is 623 g/mol. The van der Waals surface area contributed by atoms with Crippen LogP contribution in [0.5, 0.6) is 0 Å². The lowest BCUT2D eigenvalue weighted by Gasteiger charge is -2.32. The van der Waals surface area contributed by atoms with Gasteiger partial charge in [-0.2, -0.15) is 0 Å². The van der Waals surface area contributed by atoms with E-state index in [1.165, 1.54) is 56.6 Å². The molecule has 48 heavy (non-hydrogen) atoms. The minimum Gasteiger partial charge on any atom is -0.456 e. The SMILES string of the molecule is CC1(C)CC(C)(C)c2cc3c(cc21)-c1cccc(N(c2cccc(-c4ccccc4)c2)c2ccc4oc5ccccc5c4c2)c1C3(C)C. The van der Waals surface area contributed by atoms with E-state index in [1.54, 1.807) is 0 Å². The Morgan fingerprint density at radius 2 is 1.17 bits per heavy atom. The van der Waals surface area contributed by atoms with Gasteiger partial charge in [-0.25, -0.2) is 0 Å². The summed E-state index contributed by atoms with van der Waals surface area (Å²) in [5.41, 5.74) is 16.3. The van der Waals surface area contributed by atoms with Crippen molar-refractivity contribution in [2.75, 3.05) is 4.90 Å². The van der Waals surface area contributed by atoms with E-state index in [9.17, 15) is 0 Å². The maximum Gasteiger partial charge on any atom is 0.135 e. The van der Waals surface area contributed by atoms with Crippen molar-refractivity contribution in [3.05, 3.63) is 150 Å². The van der Waals surface area contributed by atoms with Crippen LogP contribution in [0.1, 0.15) is 70.2 Å². The lowest BCUT2D eigenvalue weighted by atomic mass is 9.78. The van der Waals surface area contributed by atoms with Crippen LogP contribution in [0.2, 0.25) is 0 Å². The van der Waals surface area contributed by atoms with Gasteiger partial charge in [-0.15, -0.1) is 0 Å². The third kappa shape index (κ3) is 4.18. The second kappa shape index (κ2) is 9.97. The summed E-state index contributed by atoms with van der Waals surface area (Å²) >= 11 is 0. The summed E-state index contributed by atoms with van der Waals surface area (Å²) in [4.78, 5) is 2.47. The molecular formula is C46H41NO. The molecule has 9 rings (SSSR count). The summed E-state index contributed by atoms with van der Waals surface area (Å²) in [5.74, 6) is 0. The first-order valence-corrected chi connectivity index (χ1v) is 17.2. The predicted molar refractivity (Wildman–Crippen MR) is 202 cm³/mol. The van der Waals surface area contributed by atoms with Gasteiger partial charge in [0.2, 0.25) is 0 Å². The van der Waals surface area contributed by atoms with Crippen molar-refractivity contribution in [3.8, 4) is 22.3 Å². The highest BCUT2D eigenvalue weighted by Crippen LogP contribution is 2.58. The Kier molecular flexibility index (Phi) is 6.04. The third-order valence-corrected chi connectivity index (χ3v) is 11.2. The van der Waals surface area contributed by atoms with Gasteiger partial charge in [-0.3, -0.25) is 0 Å². The smallest absolute Gasteiger partial charge is 0.135 e. The lowest BCUT2D eigenvalue weighted by Crippen LogP contribution is -2.21. The normalized spacial score (nSPS) is 16.5. The van der Waals surface area contributed by atoms with Gasteiger partial charge in [0.1, 0.15) is 11.2 Å². The Bertz CT molecular complexity index is 2410. The zero-order valence-corrected chi connectivity index (χ0v) is 28.7. The molecule has 0 amide bonds. The van der Waals surface area contributed by atoms with Crippen LogP contribution in [0, 0.1) is 0 Å². The number of para-hydroxylation sites is 1. The highest BCUT2D eigenvalue weighted by molar-refractivity contribution is 6.07. The first-order chi connectivity index (χ1) is 23.0. The van der Waals surface area contributed by atoms with Crippen molar-refractivity contribution >= 4 is 39.0 Å². The van der Waals surface area contributed by atoms with Crippen molar-refractivity contribution in [1.29, 1.82) is 0 Å². The van der Waals surface area contributed by atoms with Crippen LogP contribution in [0.15, 0.2) is 132 Å². The van der Waals surface area contributed by atoms with E-state index in [4.69, 9.17) is 4.42 Å². The lowest BCUT2D eigenvalue weighted by molar-refractivity contribution is 0.403. The Morgan fingerprint density at radius 1 is 0.500 bits per heavy atom. The van der Waals surface area contributed by atoms with E-state index in [0.717, 1.165) is 33.3 Å². The highest BCUT2D eigenvalue weighted by atomic mass is 16.3. The summed E-state index contributed by atoms with van der Waals surface area (Å²) in [5, 5.41) is 2.27. The molecule has 2 aliphatic carbocycles. The van der Waals surface area contributed by atoms with Crippen LogP contribution < -0.4 is 4.90 Å². The quantitative estimate of drug-likeness (QED) is 0.194. The minimum absolute atomic E-state index is 0.144. The molecule has 2 aliphatic rings. The summed E-state index contributed by atoms with van der Waals surface area (Å²) < 4.78 is 6.28. The summed E-state index contributed by atoms with van der Waals surface area (Å²) in [7, 11) is 0. The van der Waals surface area contributed by atoms with Crippen LogP contribution in [0.25, 0.3) is 44.2 Å². The molecule has 2 nitrogen and oxygen atoms in total. The zero-order valence-electron chi connectivity index (χ0n) is 28.7. The van der Waals surface area contributed by atoms with Gasteiger partial charge in [0.25, 0.3) is 0 Å². The number of anilines is 3. The standard InChI is InChI=1S/C46H41NO/c1-44(2)28-45(3,4)39-27-37-35(26-38(39)44)34-19-13-20-40(43(34)46(37,5)6)47(31-17-12-16-30(24-31)29-14-8-7-9-15-29)32-22-23-42-36(25-32)33-18-10-11-21-41(33)48-42/h7-27H,28H2,1-6H3. The fraction of sp³-hybridized carbons (Fsp3) is 0.217. The zero-order chi connectivity index (χ0) is 33.0. The first-order valence-electron chi connectivity index (χ1n) is 17.2. The van der Waals surface area contributed by atoms with E-state index in [-0.39, 0.29) is 16.2 Å². The Balaban J connectivity index is 1.30.